The summed E-state index contributed by atoms with van der Waals surface area (Å²) in [5.41, 5.74) is 8.63. The maximum Gasteiger partial charge on any atom is 0.405 e. The number of hydrogen-bond acceptors (Lipinski definition) is 6. The van der Waals surface area contributed by atoms with E-state index < -0.39 is 25.7 Å². The first-order chi connectivity index (χ1) is 19.8. The minimum absolute atomic E-state index is 0.0281. The first kappa shape index (κ1) is 30.1. The van der Waals surface area contributed by atoms with E-state index in [0.717, 1.165) is 16.7 Å². The van der Waals surface area contributed by atoms with Crippen LogP contribution in [-0.4, -0.2) is 55.4 Å². The molecule has 3 aromatic carbocycles. The van der Waals surface area contributed by atoms with Crippen LogP contribution in [0.4, 0.5) is 0 Å². The number of nitrogens with one attached hydrogen (secondary N) is 3. The average Bonchev–Trinajstić information content (AvgIpc) is 3.51. The number of nitrogens with two attached hydrogens (primary N) is 1. The normalized spacial score (nSPS) is 16.0. The Morgan fingerprint density at radius 1 is 0.976 bits per heavy atom. The molecule has 2 amide bonds. The molecule has 3 aromatic rings. The zero-order valence-corrected chi connectivity index (χ0v) is 24.1. The first-order valence-corrected chi connectivity index (χ1v) is 14.9. The monoisotopic (exact) mass is 577 g/mol. The van der Waals surface area contributed by atoms with E-state index in [1.54, 1.807) is 29.2 Å². The number of hydrogen-bond donors (Lipinski definition) is 4. The third-order valence-electron chi connectivity index (χ3n) is 7.26. The summed E-state index contributed by atoms with van der Waals surface area (Å²) in [5.74, 6) is -1.23. The zero-order valence-electron chi connectivity index (χ0n) is 23.2. The quantitative estimate of drug-likeness (QED) is 0.146. The molecule has 0 aromatic heterocycles. The van der Waals surface area contributed by atoms with E-state index >= 15 is 0 Å². The van der Waals surface area contributed by atoms with Crippen LogP contribution >= 0.6 is 7.75 Å². The van der Waals surface area contributed by atoms with E-state index in [1.165, 1.54) is 14.2 Å². The van der Waals surface area contributed by atoms with Crippen molar-refractivity contribution in [1.29, 1.82) is 5.41 Å². The number of rotatable bonds is 12. The van der Waals surface area contributed by atoms with Crippen LogP contribution in [0, 0.1) is 5.41 Å². The van der Waals surface area contributed by atoms with Crippen LogP contribution < -0.4 is 16.1 Å². The van der Waals surface area contributed by atoms with E-state index in [0.29, 0.717) is 24.9 Å². The lowest BCUT2D eigenvalue weighted by molar-refractivity contribution is -0.140. The summed E-state index contributed by atoms with van der Waals surface area (Å²) in [6.07, 6.45) is 1.15. The predicted molar refractivity (Wildman–Crippen MR) is 157 cm³/mol. The highest BCUT2D eigenvalue weighted by Gasteiger charge is 2.43. The lowest BCUT2D eigenvalue weighted by Crippen LogP contribution is -2.53. The summed E-state index contributed by atoms with van der Waals surface area (Å²) >= 11 is 0. The highest BCUT2D eigenvalue weighted by Crippen LogP contribution is 2.45. The molecule has 0 spiro atoms. The van der Waals surface area contributed by atoms with E-state index in [2.05, 4.69) is 10.4 Å². The van der Waals surface area contributed by atoms with Gasteiger partial charge in [-0.1, -0.05) is 84.9 Å². The Bertz CT molecular complexity index is 1340. The SMILES string of the molecule is COP(=O)(NC(C(=O)N1CCCC1C(=O)NCc1ccc(C(=N)N)cc1)C(c1ccccc1)c1ccccc1)OC. The van der Waals surface area contributed by atoms with E-state index in [4.69, 9.17) is 20.2 Å². The summed E-state index contributed by atoms with van der Waals surface area (Å²) in [5, 5.41) is 13.4. The fraction of sp³-hybridized carbons (Fsp3) is 0.300. The molecule has 10 nitrogen and oxygen atoms in total. The second-order valence-electron chi connectivity index (χ2n) is 9.79. The number of carbonyl (C=O) groups excluding carboxylic acids is 2. The number of amides is 2. The van der Waals surface area contributed by atoms with Gasteiger partial charge in [0.25, 0.3) is 0 Å². The topological polar surface area (TPSA) is 147 Å². The number of likely N-dealkylation sites (tertiary alicyclic amines) is 1. The lowest BCUT2D eigenvalue weighted by atomic mass is 9.84. The van der Waals surface area contributed by atoms with E-state index in [-0.39, 0.29) is 24.2 Å². The largest absolute Gasteiger partial charge is 0.405 e. The maximum absolute atomic E-state index is 14.4. The summed E-state index contributed by atoms with van der Waals surface area (Å²) < 4.78 is 23.7. The molecule has 5 N–H and O–H groups in total. The molecule has 4 rings (SSSR count). The fourth-order valence-corrected chi connectivity index (χ4v) is 6.07. The van der Waals surface area contributed by atoms with Crippen LogP contribution in [0.3, 0.4) is 0 Å². The lowest BCUT2D eigenvalue weighted by Gasteiger charge is -2.34. The second-order valence-corrected chi connectivity index (χ2v) is 11.8. The van der Waals surface area contributed by atoms with E-state index in [9.17, 15) is 14.2 Å². The molecule has 2 unspecified atom stereocenters. The van der Waals surface area contributed by atoms with E-state index in [1.807, 2.05) is 60.7 Å². The van der Waals surface area contributed by atoms with Gasteiger partial charge < -0.3 is 25.0 Å². The Morgan fingerprint density at radius 2 is 1.54 bits per heavy atom. The van der Waals surface area contributed by atoms with Gasteiger partial charge in [0, 0.05) is 38.8 Å². The molecule has 1 fully saturated rings. The Hall–Kier alpha value is -3.82. The number of amidine groups is 1. The van der Waals surface area contributed by atoms with Gasteiger partial charge in [-0.2, -0.15) is 0 Å². The van der Waals surface area contributed by atoms with Crippen molar-refractivity contribution in [1.82, 2.24) is 15.3 Å². The molecular formula is C30H36N5O5P. The molecule has 1 heterocycles. The van der Waals surface area contributed by atoms with Crippen molar-refractivity contribution in [3.8, 4) is 0 Å². The number of carbonyl (C=O) groups is 2. The molecule has 0 saturated carbocycles. The number of benzene rings is 3. The Balaban J connectivity index is 1.62. The molecule has 0 radical (unpaired) electrons. The van der Waals surface area contributed by atoms with Crippen molar-refractivity contribution in [3.63, 3.8) is 0 Å². The van der Waals surface area contributed by atoms with Gasteiger partial charge in [0.05, 0.1) is 0 Å². The van der Waals surface area contributed by atoms with Crippen molar-refractivity contribution < 1.29 is 23.2 Å². The highest BCUT2D eigenvalue weighted by atomic mass is 31.2. The van der Waals surface area contributed by atoms with Crippen molar-refractivity contribution >= 4 is 25.4 Å². The Morgan fingerprint density at radius 3 is 2.05 bits per heavy atom. The summed E-state index contributed by atoms with van der Waals surface area (Å²) in [6.45, 7) is 0.638. The smallest absolute Gasteiger partial charge is 0.384 e. The molecule has 216 valence electrons. The molecule has 1 aliphatic heterocycles. The Labute approximate surface area is 240 Å². The number of nitrogen functional groups attached to an aromatic ring is 1. The molecule has 2 atom stereocenters. The van der Waals surface area contributed by atoms with Crippen molar-refractivity contribution in [2.45, 2.75) is 37.4 Å². The molecule has 1 aliphatic rings. The van der Waals surface area contributed by atoms with Gasteiger partial charge in [-0.3, -0.25) is 15.0 Å². The minimum atomic E-state index is -3.86. The number of nitrogens with zero attached hydrogens (tertiary/aromatic N) is 1. The molecule has 0 bridgehead atoms. The molecule has 0 aliphatic carbocycles. The predicted octanol–water partition coefficient (Wildman–Crippen LogP) is 3.77. The highest BCUT2D eigenvalue weighted by molar-refractivity contribution is 7.51. The van der Waals surface area contributed by atoms with Gasteiger partial charge >= 0.3 is 7.75 Å². The van der Waals surface area contributed by atoms with Crippen molar-refractivity contribution in [2.75, 3.05) is 20.8 Å². The summed E-state index contributed by atoms with van der Waals surface area (Å²) in [4.78, 5) is 29.3. The van der Waals surface area contributed by atoms with Crippen LogP contribution in [0.15, 0.2) is 84.9 Å². The average molecular weight is 578 g/mol. The third kappa shape index (κ3) is 7.28. The first-order valence-electron chi connectivity index (χ1n) is 13.4. The fourth-order valence-electron chi connectivity index (χ4n) is 5.11. The van der Waals surface area contributed by atoms with Crippen LogP contribution in [0.5, 0.6) is 0 Å². The minimum Gasteiger partial charge on any atom is -0.384 e. The molecule has 41 heavy (non-hydrogen) atoms. The third-order valence-corrected chi connectivity index (χ3v) is 8.82. The zero-order chi connectivity index (χ0) is 29.4. The van der Waals surface area contributed by atoms with Crippen LogP contribution in [0.1, 0.15) is 41.0 Å². The molecule has 11 heteroatoms. The molecule has 1 saturated heterocycles. The Kier molecular flexibility index (Phi) is 10.1. The van der Waals surface area contributed by atoms with Gasteiger partial charge in [-0.05, 0) is 29.5 Å². The van der Waals surface area contributed by atoms with Crippen molar-refractivity contribution in [2.24, 2.45) is 5.73 Å². The van der Waals surface area contributed by atoms with Crippen LogP contribution in [0.25, 0.3) is 0 Å². The standard InChI is InChI=1S/C30H36N5O5P/c1-39-41(38,40-2)34-27(26(22-10-5-3-6-11-22)23-12-7-4-8-13-23)30(37)35-19-9-14-25(35)29(36)33-20-21-15-17-24(18-16-21)28(31)32/h3-8,10-13,15-18,25-27H,9,14,19-20H2,1-2H3,(H3,31,32)(H,33,36)(H,34,38). The summed E-state index contributed by atoms with van der Waals surface area (Å²) in [6, 6.07) is 24.3. The summed E-state index contributed by atoms with van der Waals surface area (Å²) in [7, 11) is -1.34. The molecular weight excluding hydrogens is 541 g/mol. The van der Waals surface area contributed by atoms with Gasteiger partial charge in [-0.25, -0.2) is 9.65 Å². The van der Waals surface area contributed by atoms with Gasteiger partial charge in [-0.15, -0.1) is 0 Å². The second kappa shape index (κ2) is 13.7. The van der Waals surface area contributed by atoms with Crippen molar-refractivity contribution in [3.05, 3.63) is 107 Å². The van der Waals surface area contributed by atoms with Gasteiger partial charge in [0.1, 0.15) is 17.9 Å². The van der Waals surface area contributed by atoms with Crippen LogP contribution in [-0.2, 0) is 29.7 Å². The maximum atomic E-state index is 14.4. The van der Waals surface area contributed by atoms with Crippen LogP contribution in [0.2, 0.25) is 0 Å². The van der Waals surface area contributed by atoms with Gasteiger partial charge in [0.15, 0.2) is 0 Å². The van der Waals surface area contributed by atoms with Gasteiger partial charge in [0.2, 0.25) is 11.8 Å².